The van der Waals surface area contributed by atoms with Gasteiger partial charge >= 0.3 is 12.0 Å². The summed E-state index contributed by atoms with van der Waals surface area (Å²) in [4.78, 5) is 36.1. The maximum atomic E-state index is 12.1. The number of piperidine rings is 1. The van der Waals surface area contributed by atoms with Crippen LogP contribution >= 0.6 is 0 Å². The van der Waals surface area contributed by atoms with Crippen LogP contribution in [0.5, 0.6) is 0 Å². The molecule has 0 aromatic rings. The van der Waals surface area contributed by atoms with E-state index in [4.69, 9.17) is 5.11 Å². The van der Waals surface area contributed by atoms with Crippen molar-refractivity contribution in [1.82, 2.24) is 15.5 Å². The van der Waals surface area contributed by atoms with Crippen LogP contribution in [0, 0.1) is 0 Å². The van der Waals surface area contributed by atoms with Crippen molar-refractivity contribution in [2.45, 2.75) is 45.2 Å². The van der Waals surface area contributed by atoms with Gasteiger partial charge in [0.05, 0.1) is 0 Å². The number of amides is 3. The van der Waals surface area contributed by atoms with Gasteiger partial charge in [-0.15, -0.1) is 0 Å². The third kappa shape index (κ3) is 3.36. The molecule has 0 aromatic heterocycles. The minimum absolute atomic E-state index is 0.219. The fourth-order valence-corrected chi connectivity index (χ4v) is 2.04. The number of hydrogen-bond acceptors (Lipinski definition) is 3. The van der Waals surface area contributed by atoms with Gasteiger partial charge in [-0.05, 0) is 33.6 Å². The highest BCUT2D eigenvalue weighted by Crippen LogP contribution is 2.15. The van der Waals surface area contributed by atoms with Gasteiger partial charge in [0, 0.05) is 13.1 Å². The van der Waals surface area contributed by atoms with Gasteiger partial charge in [0.1, 0.15) is 11.6 Å². The first-order chi connectivity index (χ1) is 8.80. The van der Waals surface area contributed by atoms with E-state index in [0.29, 0.717) is 13.0 Å². The topological polar surface area (TPSA) is 98.7 Å². The third-order valence-electron chi connectivity index (χ3n) is 3.34. The molecule has 0 aliphatic carbocycles. The summed E-state index contributed by atoms with van der Waals surface area (Å²) in [6.07, 6.45) is 1.37. The highest BCUT2D eigenvalue weighted by molar-refractivity contribution is 5.90. The van der Waals surface area contributed by atoms with E-state index in [0.717, 1.165) is 6.42 Å². The molecular weight excluding hydrogens is 250 g/mol. The van der Waals surface area contributed by atoms with E-state index in [1.807, 2.05) is 0 Å². The average molecular weight is 271 g/mol. The Bertz CT molecular complexity index is 381. The molecule has 1 atom stereocenters. The average Bonchev–Trinajstić information content (AvgIpc) is 2.32. The predicted molar refractivity (Wildman–Crippen MR) is 68.7 cm³/mol. The number of carbonyl (C=O) groups excluding carboxylic acids is 2. The SMILES string of the molecule is CCN(C(=O)NC1CCCNC1=O)C(C)(C)C(=O)O. The Labute approximate surface area is 112 Å². The van der Waals surface area contributed by atoms with Crippen molar-refractivity contribution < 1.29 is 19.5 Å². The number of urea groups is 1. The smallest absolute Gasteiger partial charge is 0.329 e. The first kappa shape index (κ1) is 15.3. The zero-order valence-electron chi connectivity index (χ0n) is 11.5. The second-order valence-electron chi connectivity index (χ2n) is 5.04. The number of nitrogens with zero attached hydrogens (tertiary/aromatic N) is 1. The minimum Gasteiger partial charge on any atom is -0.480 e. The molecule has 0 saturated carbocycles. The van der Waals surface area contributed by atoms with Crippen molar-refractivity contribution in [3.63, 3.8) is 0 Å². The number of carboxylic acid groups (broad SMARTS) is 1. The summed E-state index contributed by atoms with van der Waals surface area (Å²) in [5.41, 5.74) is -1.32. The van der Waals surface area contributed by atoms with Gasteiger partial charge in [-0.3, -0.25) is 4.79 Å². The molecule has 7 nitrogen and oxygen atoms in total. The van der Waals surface area contributed by atoms with Crippen molar-refractivity contribution in [2.75, 3.05) is 13.1 Å². The van der Waals surface area contributed by atoms with Crippen LogP contribution < -0.4 is 10.6 Å². The van der Waals surface area contributed by atoms with E-state index < -0.39 is 23.6 Å². The summed E-state index contributed by atoms with van der Waals surface area (Å²) in [5.74, 6) is -1.30. The number of nitrogens with one attached hydrogen (secondary N) is 2. The van der Waals surface area contributed by atoms with Crippen molar-refractivity contribution in [3.05, 3.63) is 0 Å². The summed E-state index contributed by atoms with van der Waals surface area (Å²) >= 11 is 0. The molecular formula is C12H21N3O4. The molecule has 1 unspecified atom stereocenters. The highest BCUT2D eigenvalue weighted by Gasteiger charge is 2.38. The van der Waals surface area contributed by atoms with E-state index in [1.165, 1.54) is 18.7 Å². The summed E-state index contributed by atoms with van der Waals surface area (Å²) < 4.78 is 0. The van der Waals surface area contributed by atoms with E-state index in [1.54, 1.807) is 6.92 Å². The minimum atomic E-state index is -1.32. The van der Waals surface area contributed by atoms with Gasteiger partial charge in [-0.1, -0.05) is 0 Å². The number of carboxylic acids is 1. The zero-order chi connectivity index (χ0) is 14.6. The van der Waals surface area contributed by atoms with E-state index >= 15 is 0 Å². The Hall–Kier alpha value is -1.79. The second-order valence-corrected chi connectivity index (χ2v) is 5.04. The molecule has 1 aliphatic rings. The molecule has 0 spiro atoms. The van der Waals surface area contributed by atoms with E-state index in [2.05, 4.69) is 10.6 Å². The van der Waals surface area contributed by atoms with E-state index in [9.17, 15) is 14.4 Å². The Balaban J connectivity index is 2.74. The van der Waals surface area contributed by atoms with Crippen molar-refractivity contribution in [2.24, 2.45) is 0 Å². The molecule has 108 valence electrons. The van der Waals surface area contributed by atoms with Gasteiger partial charge in [0.25, 0.3) is 0 Å². The Morgan fingerprint density at radius 1 is 1.53 bits per heavy atom. The van der Waals surface area contributed by atoms with Crippen LogP contribution in [0.4, 0.5) is 4.79 Å². The molecule has 0 radical (unpaired) electrons. The highest BCUT2D eigenvalue weighted by atomic mass is 16.4. The fraction of sp³-hybridized carbons (Fsp3) is 0.750. The molecule has 1 heterocycles. The Morgan fingerprint density at radius 2 is 2.16 bits per heavy atom. The number of carbonyl (C=O) groups is 3. The number of rotatable bonds is 4. The molecule has 3 amide bonds. The first-order valence-corrected chi connectivity index (χ1v) is 6.40. The first-order valence-electron chi connectivity index (χ1n) is 6.40. The second kappa shape index (κ2) is 5.90. The number of likely N-dealkylation sites (N-methyl/N-ethyl adjacent to an activating group) is 1. The number of aliphatic carboxylic acids is 1. The van der Waals surface area contributed by atoms with Crippen LogP contribution in [0.3, 0.4) is 0 Å². The van der Waals surface area contributed by atoms with Gasteiger partial charge in [0.15, 0.2) is 0 Å². The lowest BCUT2D eigenvalue weighted by molar-refractivity contribution is -0.147. The van der Waals surface area contributed by atoms with Gasteiger partial charge in [0.2, 0.25) is 5.91 Å². The summed E-state index contributed by atoms with van der Waals surface area (Å²) in [6, 6.07) is -1.11. The largest absolute Gasteiger partial charge is 0.480 e. The zero-order valence-corrected chi connectivity index (χ0v) is 11.5. The Morgan fingerprint density at radius 3 is 2.63 bits per heavy atom. The molecule has 1 rings (SSSR count). The van der Waals surface area contributed by atoms with Gasteiger partial charge in [-0.2, -0.15) is 0 Å². The molecule has 7 heteroatoms. The molecule has 0 aromatic carbocycles. The lowest BCUT2D eigenvalue weighted by Gasteiger charge is -2.35. The molecule has 19 heavy (non-hydrogen) atoms. The normalized spacial score (nSPS) is 19.5. The van der Waals surface area contributed by atoms with Gasteiger partial charge in [-0.25, -0.2) is 9.59 Å². The lowest BCUT2D eigenvalue weighted by Crippen LogP contribution is -2.60. The monoisotopic (exact) mass is 271 g/mol. The molecule has 3 N–H and O–H groups in total. The maximum Gasteiger partial charge on any atom is 0.329 e. The van der Waals surface area contributed by atoms with Gasteiger partial charge < -0.3 is 20.6 Å². The summed E-state index contributed by atoms with van der Waals surface area (Å²) in [6.45, 7) is 5.48. The quantitative estimate of drug-likeness (QED) is 0.678. The molecule has 1 aliphatic heterocycles. The summed E-state index contributed by atoms with van der Waals surface area (Å²) in [5, 5.41) is 14.4. The van der Waals surface area contributed by atoms with Crippen molar-refractivity contribution in [1.29, 1.82) is 0 Å². The molecule has 0 bridgehead atoms. The number of hydrogen-bond donors (Lipinski definition) is 3. The van der Waals surface area contributed by atoms with Crippen LogP contribution in [0.25, 0.3) is 0 Å². The van der Waals surface area contributed by atoms with Crippen LogP contribution in [-0.2, 0) is 9.59 Å². The van der Waals surface area contributed by atoms with Crippen molar-refractivity contribution in [3.8, 4) is 0 Å². The molecule has 1 saturated heterocycles. The lowest BCUT2D eigenvalue weighted by atomic mass is 10.0. The van der Waals surface area contributed by atoms with Crippen molar-refractivity contribution >= 4 is 17.9 Å². The predicted octanol–water partition coefficient (Wildman–Crippen LogP) is 0.160. The van der Waals surface area contributed by atoms with Crippen LogP contribution in [0.2, 0.25) is 0 Å². The third-order valence-corrected chi connectivity index (χ3v) is 3.34. The maximum absolute atomic E-state index is 12.1. The van der Waals surface area contributed by atoms with Crippen LogP contribution in [-0.4, -0.2) is 52.6 Å². The standard InChI is InChI=1S/C12H21N3O4/c1-4-15(12(2,3)10(17)18)11(19)14-8-6-5-7-13-9(8)16/h8H,4-7H2,1-3H3,(H,13,16)(H,14,19)(H,17,18). The van der Waals surface area contributed by atoms with E-state index in [-0.39, 0.29) is 12.5 Å². The Kier molecular flexibility index (Phi) is 4.74. The van der Waals surface area contributed by atoms with Crippen LogP contribution in [0.15, 0.2) is 0 Å². The van der Waals surface area contributed by atoms with Crippen LogP contribution in [0.1, 0.15) is 33.6 Å². The summed E-state index contributed by atoms with van der Waals surface area (Å²) in [7, 11) is 0. The molecule has 1 fully saturated rings. The fourth-order valence-electron chi connectivity index (χ4n) is 2.04.